The number of hydrogen-bond donors (Lipinski definition) is 1. The minimum atomic E-state index is 0. The number of rotatable bonds is 2. The molecule has 0 aliphatic carbocycles. The van der Waals surface area contributed by atoms with E-state index in [1.54, 1.807) is 12.5 Å². The van der Waals surface area contributed by atoms with Crippen molar-refractivity contribution in [2.24, 2.45) is 0 Å². The Bertz CT molecular complexity index is 899. The molecule has 0 spiro atoms. The second kappa shape index (κ2) is 5.75. The molecule has 2 aromatic carbocycles. The normalized spacial score (nSPS) is 10.4. The van der Waals surface area contributed by atoms with E-state index in [0.717, 1.165) is 22.5 Å². The average Bonchev–Trinajstić information content (AvgIpc) is 3.04. The highest BCUT2D eigenvalue weighted by atomic mass is 15.3. The highest BCUT2D eigenvalue weighted by Gasteiger charge is 2.11. The van der Waals surface area contributed by atoms with Gasteiger partial charge in [0.05, 0.1) is 18.1 Å². The van der Waals surface area contributed by atoms with Crippen LogP contribution in [0.25, 0.3) is 28.0 Å². The third-order valence-electron chi connectivity index (χ3n) is 3.48. The third kappa shape index (κ3) is 2.23. The van der Waals surface area contributed by atoms with Gasteiger partial charge in [-0.25, -0.2) is 9.50 Å². The minimum Gasteiger partial charge on any atom is -0.344 e. The largest absolute Gasteiger partial charge is 0.344 e. The minimum absolute atomic E-state index is 0. The van der Waals surface area contributed by atoms with Gasteiger partial charge < -0.3 is 6.15 Å². The SMILES string of the molecule is N.c1ccc(-c2ccccc2-c2cncc3ncnn23)cc1. The first kappa shape index (κ1) is 13.9. The second-order valence-electron chi connectivity index (χ2n) is 4.73. The van der Waals surface area contributed by atoms with Crippen molar-refractivity contribution in [2.45, 2.75) is 0 Å². The van der Waals surface area contributed by atoms with Crippen molar-refractivity contribution >= 4 is 5.65 Å². The molecule has 0 saturated carbocycles. The summed E-state index contributed by atoms with van der Waals surface area (Å²) in [5.41, 5.74) is 5.10. The Morgan fingerprint density at radius 2 is 1.50 bits per heavy atom. The fourth-order valence-corrected chi connectivity index (χ4v) is 2.51. The van der Waals surface area contributed by atoms with E-state index in [0.29, 0.717) is 0 Å². The van der Waals surface area contributed by atoms with Gasteiger partial charge in [-0.3, -0.25) is 4.98 Å². The molecule has 0 amide bonds. The van der Waals surface area contributed by atoms with Crippen molar-refractivity contribution in [3.05, 3.63) is 73.3 Å². The van der Waals surface area contributed by atoms with Crippen LogP contribution >= 0.6 is 0 Å². The maximum absolute atomic E-state index is 4.30. The molecule has 0 bridgehead atoms. The first-order valence-electron chi connectivity index (χ1n) is 6.72. The van der Waals surface area contributed by atoms with Crippen LogP contribution in [0.15, 0.2) is 73.3 Å². The van der Waals surface area contributed by atoms with E-state index >= 15 is 0 Å². The molecule has 3 N–H and O–H groups in total. The van der Waals surface area contributed by atoms with Gasteiger partial charge in [0, 0.05) is 5.56 Å². The van der Waals surface area contributed by atoms with E-state index in [1.165, 1.54) is 5.56 Å². The molecule has 4 aromatic rings. The molecule has 4 rings (SSSR count). The molecular weight excluding hydrogens is 274 g/mol. The summed E-state index contributed by atoms with van der Waals surface area (Å²) in [7, 11) is 0. The Labute approximate surface area is 127 Å². The van der Waals surface area contributed by atoms with Crippen molar-refractivity contribution in [3.8, 4) is 22.4 Å². The van der Waals surface area contributed by atoms with E-state index in [9.17, 15) is 0 Å². The lowest BCUT2D eigenvalue weighted by atomic mass is 9.98. The van der Waals surface area contributed by atoms with Crippen LogP contribution in [0.5, 0.6) is 0 Å². The van der Waals surface area contributed by atoms with Gasteiger partial charge in [0.2, 0.25) is 0 Å². The van der Waals surface area contributed by atoms with Crippen LogP contribution in [0.4, 0.5) is 0 Å². The van der Waals surface area contributed by atoms with Crippen LogP contribution in [0.2, 0.25) is 0 Å². The zero-order chi connectivity index (χ0) is 14.1. The Kier molecular flexibility index (Phi) is 3.64. The third-order valence-corrected chi connectivity index (χ3v) is 3.48. The molecule has 0 fully saturated rings. The fraction of sp³-hybridized carbons (Fsp3) is 0. The van der Waals surface area contributed by atoms with Gasteiger partial charge in [-0.05, 0) is 11.1 Å². The van der Waals surface area contributed by atoms with E-state index in [4.69, 9.17) is 0 Å². The predicted octanol–water partition coefficient (Wildman–Crippen LogP) is 3.62. The van der Waals surface area contributed by atoms with E-state index < -0.39 is 0 Å². The standard InChI is InChI=1S/C17H12N4.H3N/c1-2-6-13(7-3-1)14-8-4-5-9-15(14)16-10-18-11-17-19-12-20-21(16)17;/h1-12H;1H3. The van der Waals surface area contributed by atoms with Gasteiger partial charge in [-0.2, -0.15) is 5.10 Å². The lowest BCUT2D eigenvalue weighted by molar-refractivity contribution is 0.955. The monoisotopic (exact) mass is 289 g/mol. The van der Waals surface area contributed by atoms with Gasteiger partial charge in [0.15, 0.2) is 5.65 Å². The molecule has 22 heavy (non-hydrogen) atoms. The highest BCUT2D eigenvalue weighted by Crippen LogP contribution is 2.31. The van der Waals surface area contributed by atoms with Gasteiger partial charge >= 0.3 is 0 Å². The van der Waals surface area contributed by atoms with Crippen molar-refractivity contribution in [2.75, 3.05) is 0 Å². The molecular formula is C17H15N5. The molecule has 2 aromatic heterocycles. The summed E-state index contributed by atoms with van der Waals surface area (Å²) in [6.45, 7) is 0. The fourth-order valence-electron chi connectivity index (χ4n) is 2.51. The molecule has 0 radical (unpaired) electrons. The summed E-state index contributed by atoms with van der Waals surface area (Å²) < 4.78 is 1.81. The van der Waals surface area contributed by atoms with Crippen molar-refractivity contribution in [3.63, 3.8) is 0 Å². The van der Waals surface area contributed by atoms with Crippen molar-refractivity contribution in [1.29, 1.82) is 0 Å². The molecule has 0 aliphatic heterocycles. The summed E-state index contributed by atoms with van der Waals surface area (Å²) >= 11 is 0. The molecule has 0 aliphatic rings. The van der Waals surface area contributed by atoms with Gasteiger partial charge in [0.1, 0.15) is 6.33 Å². The van der Waals surface area contributed by atoms with E-state index in [2.05, 4.69) is 39.3 Å². The van der Waals surface area contributed by atoms with Gasteiger partial charge in [-0.1, -0.05) is 54.6 Å². The Morgan fingerprint density at radius 3 is 2.32 bits per heavy atom. The van der Waals surface area contributed by atoms with Gasteiger partial charge in [-0.15, -0.1) is 0 Å². The molecule has 0 unspecified atom stereocenters. The Morgan fingerprint density at radius 1 is 0.773 bits per heavy atom. The first-order chi connectivity index (χ1) is 10.4. The molecule has 5 heteroatoms. The molecule has 2 heterocycles. The smallest absolute Gasteiger partial charge is 0.174 e. The zero-order valence-electron chi connectivity index (χ0n) is 11.9. The summed E-state index contributed by atoms with van der Waals surface area (Å²) in [5.74, 6) is 0. The average molecular weight is 289 g/mol. The summed E-state index contributed by atoms with van der Waals surface area (Å²) in [6.07, 6.45) is 5.08. The topological polar surface area (TPSA) is 78.1 Å². The van der Waals surface area contributed by atoms with Crippen molar-refractivity contribution < 1.29 is 0 Å². The maximum Gasteiger partial charge on any atom is 0.174 e. The number of fused-ring (bicyclic) bond motifs is 1. The summed E-state index contributed by atoms with van der Waals surface area (Å²) in [6, 6.07) is 18.6. The highest BCUT2D eigenvalue weighted by molar-refractivity contribution is 5.82. The number of benzene rings is 2. The van der Waals surface area contributed by atoms with Crippen LogP contribution in [0, 0.1) is 0 Å². The molecule has 0 atom stereocenters. The summed E-state index contributed by atoms with van der Waals surface area (Å²) in [5, 5.41) is 4.30. The van der Waals surface area contributed by atoms with Crippen LogP contribution in [0.3, 0.4) is 0 Å². The number of nitrogens with zero attached hydrogens (tertiary/aromatic N) is 4. The molecule has 5 nitrogen and oxygen atoms in total. The Hall–Kier alpha value is -3.05. The second-order valence-corrected chi connectivity index (χ2v) is 4.73. The zero-order valence-corrected chi connectivity index (χ0v) is 11.9. The van der Waals surface area contributed by atoms with Gasteiger partial charge in [0.25, 0.3) is 0 Å². The van der Waals surface area contributed by atoms with Crippen molar-refractivity contribution in [1.82, 2.24) is 25.7 Å². The molecule has 108 valence electrons. The Balaban J connectivity index is 0.00000144. The summed E-state index contributed by atoms with van der Waals surface area (Å²) in [4.78, 5) is 8.47. The van der Waals surface area contributed by atoms with Crippen LogP contribution < -0.4 is 6.15 Å². The maximum atomic E-state index is 4.30. The lowest BCUT2D eigenvalue weighted by Gasteiger charge is -2.10. The van der Waals surface area contributed by atoms with Crippen LogP contribution in [0.1, 0.15) is 0 Å². The van der Waals surface area contributed by atoms with E-state index in [-0.39, 0.29) is 6.15 Å². The molecule has 0 saturated heterocycles. The number of aromatic nitrogens is 4. The van der Waals surface area contributed by atoms with E-state index in [1.807, 2.05) is 41.0 Å². The number of hydrogen-bond acceptors (Lipinski definition) is 4. The lowest BCUT2D eigenvalue weighted by Crippen LogP contribution is -1.96. The predicted molar refractivity (Wildman–Crippen MR) is 86.7 cm³/mol. The quantitative estimate of drug-likeness (QED) is 0.611. The van der Waals surface area contributed by atoms with Crippen LogP contribution in [-0.2, 0) is 0 Å². The first-order valence-corrected chi connectivity index (χ1v) is 6.72. The van der Waals surface area contributed by atoms with Crippen LogP contribution in [-0.4, -0.2) is 19.6 Å².